The van der Waals surface area contributed by atoms with Gasteiger partial charge in [0, 0.05) is 28.8 Å². The van der Waals surface area contributed by atoms with E-state index in [1.54, 1.807) is 13.2 Å². The number of carbonyl (C=O) groups excluding carboxylic acids is 1. The van der Waals surface area contributed by atoms with Gasteiger partial charge in [0.15, 0.2) is 5.75 Å². The molecule has 116 valence electrons. The van der Waals surface area contributed by atoms with Gasteiger partial charge in [0.25, 0.3) is 0 Å². The maximum absolute atomic E-state index is 12.4. The third-order valence-corrected chi connectivity index (χ3v) is 4.60. The molecule has 1 amide bonds. The van der Waals surface area contributed by atoms with E-state index in [2.05, 4.69) is 36.8 Å². The minimum Gasteiger partial charge on any atom is -0.406 e. The van der Waals surface area contributed by atoms with Crippen LogP contribution in [-0.2, 0) is 0 Å². The molecule has 1 aromatic heterocycles. The molecule has 3 rings (SSSR count). The van der Waals surface area contributed by atoms with Crippen molar-refractivity contribution in [3.63, 3.8) is 0 Å². The Morgan fingerprint density at radius 3 is 2.57 bits per heavy atom. The molecule has 0 saturated carbocycles. The minimum atomic E-state index is -0.480. The number of hydrogen-bond acceptors (Lipinski definition) is 3. The zero-order valence-electron chi connectivity index (χ0n) is 12.2. The van der Waals surface area contributed by atoms with Crippen LogP contribution in [0.25, 0.3) is 10.9 Å². The van der Waals surface area contributed by atoms with Crippen LogP contribution in [0.5, 0.6) is 5.75 Å². The Hall–Kier alpha value is -1.92. The second-order valence-corrected chi connectivity index (χ2v) is 6.54. The summed E-state index contributed by atoms with van der Waals surface area (Å²) in [5.41, 5.74) is 1.37. The number of para-hydroxylation sites is 1. The quantitative estimate of drug-likeness (QED) is 0.541. The molecule has 0 aliphatic carbocycles. The predicted octanol–water partition coefficient (Wildman–Crippen LogP) is 5.40. The van der Waals surface area contributed by atoms with Gasteiger partial charge in [0.05, 0.1) is 4.47 Å². The predicted molar refractivity (Wildman–Crippen MR) is 98.0 cm³/mol. The van der Waals surface area contributed by atoms with Crippen molar-refractivity contribution in [2.24, 2.45) is 0 Å². The van der Waals surface area contributed by atoms with E-state index in [-0.39, 0.29) is 0 Å². The number of halogens is 2. The average molecular weight is 436 g/mol. The number of fused-ring (bicyclic) bond motifs is 1. The van der Waals surface area contributed by atoms with Gasteiger partial charge in [-0.05, 0) is 40.2 Å². The van der Waals surface area contributed by atoms with Crippen molar-refractivity contribution in [1.29, 1.82) is 0 Å². The highest BCUT2D eigenvalue weighted by Crippen LogP contribution is 2.37. The van der Waals surface area contributed by atoms with Crippen molar-refractivity contribution in [1.82, 2.24) is 4.98 Å². The molecule has 0 atom stereocenters. The maximum Gasteiger partial charge on any atom is 0.419 e. The molecule has 2 aromatic carbocycles. The number of hydrogen-bond donors (Lipinski definition) is 0. The second-order valence-electron chi connectivity index (χ2n) is 4.83. The summed E-state index contributed by atoms with van der Waals surface area (Å²) in [4.78, 5) is 18.2. The molecule has 3 aromatic rings. The largest absolute Gasteiger partial charge is 0.419 e. The molecular formula is C17H12Br2N2O2. The van der Waals surface area contributed by atoms with E-state index in [4.69, 9.17) is 4.74 Å². The number of aromatic nitrogens is 1. The zero-order valence-corrected chi connectivity index (χ0v) is 15.3. The van der Waals surface area contributed by atoms with Crippen LogP contribution in [-0.4, -0.2) is 18.1 Å². The van der Waals surface area contributed by atoms with Crippen LogP contribution in [0.3, 0.4) is 0 Å². The Bertz CT molecular complexity index is 869. The second kappa shape index (κ2) is 6.68. The summed E-state index contributed by atoms with van der Waals surface area (Å²) < 4.78 is 7.12. The van der Waals surface area contributed by atoms with Crippen LogP contribution in [0.2, 0.25) is 0 Å². The fraction of sp³-hybridized carbons (Fsp3) is 0.0588. The summed E-state index contributed by atoms with van der Waals surface area (Å²) in [6.45, 7) is 0. The van der Waals surface area contributed by atoms with Crippen LogP contribution in [0.1, 0.15) is 0 Å². The van der Waals surface area contributed by atoms with Gasteiger partial charge in [0.1, 0.15) is 5.52 Å². The molecule has 0 spiro atoms. The first-order valence-electron chi connectivity index (χ1n) is 6.81. The molecule has 0 unspecified atom stereocenters. The first-order valence-corrected chi connectivity index (χ1v) is 8.40. The van der Waals surface area contributed by atoms with Crippen LogP contribution < -0.4 is 9.64 Å². The monoisotopic (exact) mass is 434 g/mol. The van der Waals surface area contributed by atoms with Gasteiger partial charge in [0.2, 0.25) is 0 Å². The number of anilines is 1. The van der Waals surface area contributed by atoms with Gasteiger partial charge in [-0.15, -0.1) is 0 Å². The molecule has 0 fully saturated rings. The van der Waals surface area contributed by atoms with E-state index >= 15 is 0 Å². The smallest absolute Gasteiger partial charge is 0.406 e. The molecule has 0 radical (unpaired) electrons. The Morgan fingerprint density at radius 1 is 1.09 bits per heavy atom. The molecule has 0 aliphatic heterocycles. The van der Waals surface area contributed by atoms with Gasteiger partial charge >= 0.3 is 6.09 Å². The third kappa shape index (κ3) is 3.23. The number of amides is 1. The topological polar surface area (TPSA) is 42.4 Å². The lowest BCUT2D eigenvalue weighted by atomic mass is 10.2. The lowest BCUT2D eigenvalue weighted by Crippen LogP contribution is -2.29. The van der Waals surface area contributed by atoms with Crippen molar-refractivity contribution in [3.8, 4) is 5.75 Å². The summed E-state index contributed by atoms with van der Waals surface area (Å²) in [6.07, 6.45) is 1.19. The van der Waals surface area contributed by atoms with Gasteiger partial charge < -0.3 is 4.74 Å². The van der Waals surface area contributed by atoms with Crippen LogP contribution in [0.15, 0.2) is 63.7 Å². The average Bonchev–Trinajstić information content (AvgIpc) is 2.58. The zero-order chi connectivity index (χ0) is 16.4. The van der Waals surface area contributed by atoms with E-state index in [1.165, 1.54) is 4.90 Å². The van der Waals surface area contributed by atoms with E-state index in [1.807, 2.05) is 48.5 Å². The first kappa shape index (κ1) is 16.0. The number of nitrogens with zero attached hydrogens (tertiary/aromatic N) is 2. The summed E-state index contributed by atoms with van der Waals surface area (Å²) >= 11 is 6.93. The highest BCUT2D eigenvalue weighted by Gasteiger charge is 2.18. The normalized spacial score (nSPS) is 10.6. The summed E-state index contributed by atoms with van der Waals surface area (Å²) in [5, 5.41) is 0.876. The molecule has 0 aliphatic rings. The summed E-state index contributed by atoms with van der Waals surface area (Å²) in [5.74, 6) is 0.400. The van der Waals surface area contributed by atoms with Crippen LogP contribution in [0, 0.1) is 0 Å². The van der Waals surface area contributed by atoms with E-state index in [0.29, 0.717) is 15.7 Å². The standard InChI is InChI=1S/C17H12Br2N2O2/c1-21(11-6-3-2-4-7-11)17(22)23-16-14(19)10-13(18)12-8-5-9-20-15(12)16/h2-10H,1H3. The Kier molecular flexibility index (Phi) is 4.63. The van der Waals surface area contributed by atoms with Crippen molar-refractivity contribution < 1.29 is 9.53 Å². The van der Waals surface area contributed by atoms with Gasteiger partial charge in [-0.3, -0.25) is 9.88 Å². The molecule has 23 heavy (non-hydrogen) atoms. The molecular weight excluding hydrogens is 424 g/mol. The molecule has 4 nitrogen and oxygen atoms in total. The molecule has 6 heteroatoms. The van der Waals surface area contributed by atoms with Gasteiger partial charge in [-0.1, -0.05) is 40.2 Å². The Morgan fingerprint density at radius 2 is 1.83 bits per heavy atom. The van der Waals surface area contributed by atoms with E-state index < -0.39 is 6.09 Å². The molecule has 0 saturated heterocycles. The van der Waals surface area contributed by atoms with Crippen LogP contribution in [0.4, 0.5) is 10.5 Å². The summed E-state index contributed by atoms with van der Waals surface area (Å²) in [6, 6.07) is 14.9. The first-order chi connectivity index (χ1) is 11.1. The highest BCUT2D eigenvalue weighted by atomic mass is 79.9. The van der Waals surface area contributed by atoms with Crippen molar-refractivity contribution >= 4 is 54.5 Å². The fourth-order valence-electron chi connectivity index (χ4n) is 2.16. The van der Waals surface area contributed by atoms with Crippen molar-refractivity contribution in [2.75, 3.05) is 11.9 Å². The van der Waals surface area contributed by atoms with Crippen molar-refractivity contribution in [3.05, 3.63) is 63.7 Å². The molecule has 0 bridgehead atoms. The third-order valence-electron chi connectivity index (χ3n) is 3.36. The van der Waals surface area contributed by atoms with Gasteiger partial charge in [-0.2, -0.15) is 0 Å². The molecule has 1 heterocycles. The number of benzene rings is 2. The lowest BCUT2D eigenvalue weighted by molar-refractivity contribution is 0.209. The summed E-state index contributed by atoms with van der Waals surface area (Å²) in [7, 11) is 1.67. The Labute approximate surface area is 150 Å². The SMILES string of the molecule is CN(C(=O)Oc1c(Br)cc(Br)c2cccnc12)c1ccccc1. The lowest BCUT2D eigenvalue weighted by Gasteiger charge is -2.18. The maximum atomic E-state index is 12.4. The highest BCUT2D eigenvalue weighted by molar-refractivity contribution is 9.11. The van der Waals surface area contributed by atoms with Crippen molar-refractivity contribution in [2.45, 2.75) is 0 Å². The Balaban J connectivity index is 1.97. The molecule has 0 N–H and O–H groups in total. The number of carbonyl (C=O) groups is 1. The van der Waals surface area contributed by atoms with E-state index in [0.717, 1.165) is 15.5 Å². The number of ether oxygens (including phenoxy) is 1. The minimum absolute atomic E-state index is 0.400. The van der Waals surface area contributed by atoms with Gasteiger partial charge in [-0.25, -0.2) is 4.79 Å². The fourth-order valence-corrected chi connectivity index (χ4v) is 3.51. The number of pyridine rings is 1. The van der Waals surface area contributed by atoms with Crippen LogP contribution >= 0.6 is 31.9 Å². The number of rotatable bonds is 2. The van der Waals surface area contributed by atoms with E-state index in [9.17, 15) is 4.79 Å².